The Morgan fingerprint density at radius 2 is 2.28 bits per heavy atom. The lowest BCUT2D eigenvalue weighted by Gasteiger charge is -2.06. The Bertz CT molecular complexity index is 503. The molecule has 2 rings (SSSR count). The second-order valence-corrected chi connectivity index (χ2v) is 4.57. The summed E-state index contributed by atoms with van der Waals surface area (Å²) in [6.45, 7) is 1.71. The van der Waals surface area contributed by atoms with Crippen LogP contribution in [-0.4, -0.2) is 30.3 Å². The molecule has 98 valence electrons. The van der Waals surface area contributed by atoms with Crippen molar-refractivity contribution in [3.05, 3.63) is 17.3 Å². The summed E-state index contributed by atoms with van der Waals surface area (Å²) in [7, 11) is 1.67. The van der Waals surface area contributed by atoms with Crippen molar-refractivity contribution in [3.8, 4) is 0 Å². The third-order valence-corrected chi connectivity index (χ3v) is 3.18. The lowest BCUT2D eigenvalue weighted by atomic mass is 10.4. The van der Waals surface area contributed by atoms with Gasteiger partial charge in [0.1, 0.15) is 11.4 Å². The molecule has 0 saturated heterocycles. The second-order valence-electron chi connectivity index (χ2n) is 3.67. The topological polar surface area (TPSA) is 82.3 Å². The van der Waals surface area contributed by atoms with Crippen LogP contribution in [0.2, 0.25) is 0 Å². The molecule has 0 fully saturated rings. The van der Waals surface area contributed by atoms with Crippen LogP contribution in [0.15, 0.2) is 11.4 Å². The first-order chi connectivity index (χ1) is 8.85. The van der Waals surface area contributed by atoms with Gasteiger partial charge in [-0.1, -0.05) is 0 Å². The van der Waals surface area contributed by atoms with E-state index in [2.05, 4.69) is 15.4 Å². The lowest BCUT2D eigenvalue weighted by molar-refractivity contribution is 0.0893. The second kappa shape index (κ2) is 6.60. The molecule has 0 saturated carbocycles. The first-order valence-electron chi connectivity index (χ1n) is 5.62. The minimum absolute atomic E-state index is 0.381. The Balaban J connectivity index is 2.00. The normalized spacial score (nSPS) is 11.0. The molecular weight excluding hydrogens is 252 g/mol. The number of aromatic nitrogens is 2. The number of methoxy groups -OCH3 is 1. The number of anilines is 1. The zero-order valence-corrected chi connectivity index (χ0v) is 11.0. The van der Waals surface area contributed by atoms with Crippen LogP contribution >= 0.6 is 11.3 Å². The summed E-state index contributed by atoms with van der Waals surface area (Å²) in [4.78, 5) is 9.64. The van der Waals surface area contributed by atoms with Crippen molar-refractivity contribution in [3.63, 3.8) is 0 Å². The average Bonchev–Trinajstić information content (AvgIpc) is 2.85. The van der Waals surface area contributed by atoms with E-state index >= 15 is 0 Å². The quantitative estimate of drug-likeness (QED) is 0.450. The molecule has 0 aliphatic heterocycles. The van der Waals surface area contributed by atoms with Crippen LogP contribution in [0.5, 0.6) is 0 Å². The molecule has 3 N–H and O–H groups in total. The predicted molar refractivity (Wildman–Crippen MR) is 71.4 cm³/mol. The molecule has 0 atom stereocenters. The van der Waals surface area contributed by atoms with Crippen LogP contribution in [-0.2, 0) is 16.1 Å². The molecule has 6 nitrogen and oxygen atoms in total. The maximum atomic E-state index is 5.48. The zero-order chi connectivity index (χ0) is 12.8. The van der Waals surface area contributed by atoms with Gasteiger partial charge in [0.05, 0.1) is 5.39 Å². The van der Waals surface area contributed by atoms with Crippen LogP contribution in [0.4, 0.5) is 5.82 Å². The number of ether oxygens (including phenoxy) is 2. The minimum Gasteiger partial charge on any atom is -0.385 e. The van der Waals surface area contributed by atoms with Gasteiger partial charge < -0.3 is 14.9 Å². The Hall–Kier alpha value is -1.28. The smallest absolute Gasteiger partial charge is 0.158 e. The number of hydrogen-bond acceptors (Lipinski definition) is 7. The van der Waals surface area contributed by atoms with E-state index in [1.165, 1.54) is 0 Å². The van der Waals surface area contributed by atoms with E-state index in [9.17, 15) is 0 Å². The molecule has 7 heteroatoms. The number of thiophene rings is 1. The maximum absolute atomic E-state index is 5.48. The Morgan fingerprint density at radius 1 is 1.39 bits per heavy atom. The molecule has 2 aromatic heterocycles. The fraction of sp³-hybridized carbons (Fsp3) is 0.455. The van der Waals surface area contributed by atoms with E-state index in [4.69, 9.17) is 15.3 Å². The van der Waals surface area contributed by atoms with Crippen LogP contribution < -0.4 is 11.3 Å². The summed E-state index contributed by atoms with van der Waals surface area (Å²) in [5, 5.41) is 2.90. The Labute approximate surface area is 109 Å². The molecule has 0 radical (unpaired) electrons. The van der Waals surface area contributed by atoms with Crippen molar-refractivity contribution in [1.29, 1.82) is 0 Å². The number of hydrogen-bond donors (Lipinski definition) is 2. The van der Waals surface area contributed by atoms with E-state index in [1.54, 1.807) is 18.4 Å². The maximum Gasteiger partial charge on any atom is 0.158 e. The first kappa shape index (κ1) is 13.2. The number of nitrogens with one attached hydrogen (secondary N) is 1. The number of hydrazine groups is 1. The van der Waals surface area contributed by atoms with E-state index in [1.807, 2.05) is 11.4 Å². The fourth-order valence-corrected chi connectivity index (χ4v) is 2.33. The van der Waals surface area contributed by atoms with Gasteiger partial charge in [0.25, 0.3) is 0 Å². The van der Waals surface area contributed by atoms with Crippen molar-refractivity contribution in [2.45, 2.75) is 13.0 Å². The molecule has 0 aromatic carbocycles. The number of nitrogens with zero attached hydrogens (tertiary/aromatic N) is 2. The van der Waals surface area contributed by atoms with Gasteiger partial charge in [-0.15, -0.1) is 11.3 Å². The minimum atomic E-state index is 0.381. The zero-order valence-electron chi connectivity index (χ0n) is 10.2. The van der Waals surface area contributed by atoms with E-state index in [0.717, 1.165) is 16.6 Å². The number of fused-ring (bicyclic) bond motifs is 1. The highest BCUT2D eigenvalue weighted by atomic mass is 32.1. The summed E-state index contributed by atoms with van der Waals surface area (Å²) in [6, 6.07) is 1.94. The van der Waals surface area contributed by atoms with Gasteiger partial charge in [-0.05, 0) is 17.9 Å². The molecule has 0 bridgehead atoms. The van der Waals surface area contributed by atoms with Crippen molar-refractivity contribution in [2.75, 3.05) is 25.7 Å². The summed E-state index contributed by atoms with van der Waals surface area (Å²) in [5.74, 6) is 6.72. The van der Waals surface area contributed by atoms with Crippen LogP contribution in [0.25, 0.3) is 10.2 Å². The molecule has 2 aromatic rings. The standard InChI is InChI=1S/C11H16N4O2S/c1-16-4-2-5-17-7-9-13-10(15-12)8-3-6-18-11(8)14-9/h3,6H,2,4-5,7,12H2,1H3,(H,13,14,15). The van der Waals surface area contributed by atoms with Crippen molar-refractivity contribution in [1.82, 2.24) is 9.97 Å². The van der Waals surface area contributed by atoms with Crippen LogP contribution in [0, 0.1) is 0 Å². The number of nitrogens with two attached hydrogens (primary N) is 1. The summed E-state index contributed by atoms with van der Waals surface area (Å²) < 4.78 is 10.4. The lowest BCUT2D eigenvalue weighted by Crippen LogP contribution is -2.11. The highest BCUT2D eigenvalue weighted by molar-refractivity contribution is 7.16. The van der Waals surface area contributed by atoms with Gasteiger partial charge in [0.15, 0.2) is 11.6 Å². The fourth-order valence-electron chi connectivity index (χ4n) is 1.54. The summed E-state index contributed by atoms with van der Waals surface area (Å²) in [5.41, 5.74) is 2.59. The van der Waals surface area contributed by atoms with Gasteiger partial charge in [-0.2, -0.15) is 0 Å². The molecule has 0 unspecified atom stereocenters. The summed E-state index contributed by atoms with van der Waals surface area (Å²) >= 11 is 1.56. The molecule has 0 aliphatic rings. The Morgan fingerprint density at radius 3 is 3.06 bits per heavy atom. The largest absolute Gasteiger partial charge is 0.385 e. The number of rotatable bonds is 7. The van der Waals surface area contributed by atoms with Crippen LogP contribution in [0.1, 0.15) is 12.2 Å². The van der Waals surface area contributed by atoms with E-state index in [0.29, 0.717) is 31.5 Å². The SMILES string of the molecule is COCCCOCc1nc(NN)c2ccsc2n1. The molecule has 18 heavy (non-hydrogen) atoms. The van der Waals surface area contributed by atoms with E-state index in [-0.39, 0.29) is 0 Å². The van der Waals surface area contributed by atoms with Crippen molar-refractivity contribution >= 4 is 27.4 Å². The van der Waals surface area contributed by atoms with Gasteiger partial charge in [-0.3, -0.25) is 0 Å². The van der Waals surface area contributed by atoms with Gasteiger partial charge in [0, 0.05) is 20.3 Å². The van der Waals surface area contributed by atoms with Crippen molar-refractivity contribution < 1.29 is 9.47 Å². The van der Waals surface area contributed by atoms with Gasteiger partial charge in [0.2, 0.25) is 0 Å². The first-order valence-corrected chi connectivity index (χ1v) is 6.50. The molecule has 2 heterocycles. The van der Waals surface area contributed by atoms with E-state index < -0.39 is 0 Å². The third kappa shape index (κ3) is 3.14. The van der Waals surface area contributed by atoms with Crippen molar-refractivity contribution in [2.24, 2.45) is 5.84 Å². The third-order valence-electron chi connectivity index (χ3n) is 2.38. The predicted octanol–water partition coefficient (Wildman–Crippen LogP) is 1.53. The average molecular weight is 268 g/mol. The molecule has 0 spiro atoms. The summed E-state index contributed by atoms with van der Waals surface area (Å²) in [6.07, 6.45) is 0.861. The molecule has 0 aliphatic carbocycles. The Kier molecular flexibility index (Phi) is 4.82. The highest BCUT2D eigenvalue weighted by Crippen LogP contribution is 2.24. The highest BCUT2D eigenvalue weighted by Gasteiger charge is 2.07. The monoisotopic (exact) mass is 268 g/mol. The van der Waals surface area contributed by atoms with Gasteiger partial charge >= 0.3 is 0 Å². The molecular formula is C11H16N4O2S. The van der Waals surface area contributed by atoms with Crippen LogP contribution in [0.3, 0.4) is 0 Å². The molecule has 0 amide bonds. The van der Waals surface area contributed by atoms with Gasteiger partial charge in [-0.25, -0.2) is 15.8 Å². The number of nitrogen functional groups attached to an aromatic ring is 1.